The van der Waals surface area contributed by atoms with Gasteiger partial charge in [-0.25, -0.2) is 13.1 Å². The minimum Gasteiger partial charge on any atom is -0.326 e. The molecule has 0 bridgehead atoms. The predicted molar refractivity (Wildman–Crippen MR) is 71.5 cm³/mol. The molecule has 0 fully saturated rings. The van der Waals surface area contributed by atoms with Crippen molar-refractivity contribution in [3.05, 3.63) is 16.3 Å². The van der Waals surface area contributed by atoms with Crippen LogP contribution in [0, 0.1) is 0 Å². The SMILES string of the molecule is CCC(C)(CC)NS(=O)(=O)c1ccsc1CN. The van der Waals surface area contributed by atoms with E-state index in [4.69, 9.17) is 5.73 Å². The molecule has 17 heavy (non-hydrogen) atoms. The standard InChI is InChI=1S/C11H20N2O2S2/c1-4-11(3,5-2)13-17(14,15)10-6-7-16-9(10)8-12/h6-7,13H,4-5,8,12H2,1-3H3. The molecule has 0 unspecified atom stereocenters. The lowest BCUT2D eigenvalue weighted by atomic mass is 9.98. The van der Waals surface area contributed by atoms with Crippen molar-refractivity contribution in [2.75, 3.05) is 0 Å². The molecular formula is C11H20N2O2S2. The first-order chi connectivity index (χ1) is 7.88. The van der Waals surface area contributed by atoms with Gasteiger partial charge in [0.2, 0.25) is 10.0 Å². The van der Waals surface area contributed by atoms with E-state index in [-0.39, 0.29) is 6.54 Å². The maximum atomic E-state index is 12.2. The Morgan fingerprint density at radius 1 is 1.41 bits per heavy atom. The second-order valence-corrected chi connectivity index (χ2v) is 6.94. The fourth-order valence-corrected chi connectivity index (χ4v) is 4.38. The molecule has 0 radical (unpaired) electrons. The number of nitrogens with one attached hydrogen (secondary N) is 1. The van der Waals surface area contributed by atoms with Gasteiger partial charge in [-0.15, -0.1) is 11.3 Å². The van der Waals surface area contributed by atoms with Crippen LogP contribution in [-0.4, -0.2) is 14.0 Å². The van der Waals surface area contributed by atoms with Crippen molar-refractivity contribution < 1.29 is 8.42 Å². The largest absolute Gasteiger partial charge is 0.326 e. The van der Waals surface area contributed by atoms with Crippen molar-refractivity contribution >= 4 is 21.4 Å². The molecule has 98 valence electrons. The molecule has 0 spiro atoms. The number of rotatable bonds is 6. The number of thiophene rings is 1. The molecule has 1 aromatic rings. The normalized spacial score (nSPS) is 12.9. The third kappa shape index (κ3) is 3.28. The summed E-state index contributed by atoms with van der Waals surface area (Å²) < 4.78 is 27.3. The molecule has 0 atom stereocenters. The van der Waals surface area contributed by atoms with E-state index in [1.807, 2.05) is 20.8 Å². The number of hydrogen-bond donors (Lipinski definition) is 2. The quantitative estimate of drug-likeness (QED) is 0.835. The van der Waals surface area contributed by atoms with E-state index in [2.05, 4.69) is 4.72 Å². The molecule has 0 saturated heterocycles. The average Bonchev–Trinajstić information content (AvgIpc) is 2.77. The van der Waals surface area contributed by atoms with Crippen LogP contribution in [0.4, 0.5) is 0 Å². The average molecular weight is 276 g/mol. The lowest BCUT2D eigenvalue weighted by molar-refractivity contribution is 0.388. The Balaban J connectivity index is 3.05. The van der Waals surface area contributed by atoms with Crippen LogP contribution in [-0.2, 0) is 16.6 Å². The first kappa shape index (κ1) is 14.6. The highest BCUT2D eigenvalue weighted by Gasteiger charge is 2.29. The summed E-state index contributed by atoms with van der Waals surface area (Å²) in [4.78, 5) is 1.02. The molecule has 4 nitrogen and oxygen atoms in total. The van der Waals surface area contributed by atoms with Gasteiger partial charge in [-0.3, -0.25) is 0 Å². The van der Waals surface area contributed by atoms with Gasteiger partial charge >= 0.3 is 0 Å². The molecule has 3 N–H and O–H groups in total. The highest BCUT2D eigenvalue weighted by atomic mass is 32.2. The third-order valence-corrected chi connectivity index (χ3v) is 5.92. The van der Waals surface area contributed by atoms with E-state index < -0.39 is 15.6 Å². The Bertz CT molecular complexity index is 462. The van der Waals surface area contributed by atoms with Gasteiger partial charge in [-0.2, -0.15) is 0 Å². The molecule has 0 amide bonds. The van der Waals surface area contributed by atoms with E-state index in [0.29, 0.717) is 9.77 Å². The van der Waals surface area contributed by atoms with Gasteiger partial charge in [0.05, 0.1) is 4.90 Å². The first-order valence-corrected chi connectivity index (χ1v) is 8.05. The number of hydrogen-bond acceptors (Lipinski definition) is 4. The van der Waals surface area contributed by atoms with E-state index in [1.54, 1.807) is 11.4 Å². The van der Waals surface area contributed by atoms with Crippen molar-refractivity contribution in [3.8, 4) is 0 Å². The van der Waals surface area contributed by atoms with Crippen molar-refractivity contribution in [2.45, 2.75) is 50.6 Å². The molecule has 1 aromatic heterocycles. The predicted octanol–water partition coefficient (Wildman–Crippen LogP) is 2.06. The van der Waals surface area contributed by atoms with Gasteiger partial charge in [0.1, 0.15) is 0 Å². The van der Waals surface area contributed by atoms with Gasteiger partial charge in [-0.05, 0) is 31.2 Å². The summed E-state index contributed by atoms with van der Waals surface area (Å²) in [7, 11) is -3.46. The fourth-order valence-electron chi connectivity index (χ4n) is 1.49. The van der Waals surface area contributed by atoms with E-state index in [1.165, 1.54) is 11.3 Å². The Kier molecular flexibility index (Phi) is 4.71. The third-order valence-electron chi connectivity index (χ3n) is 3.12. The van der Waals surface area contributed by atoms with Crippen molar-refractivity contribution in [2.24, 2.45) is 5.73 Å². The van der Waals surface area contributed by atoms with Crippen LogP contribution < -0.4 is 10.5 Å². The Hall–Kier alpha value is -0.430. The highest BCUT2D eigenvalue weighted by molar-refractivity contribution is 7.89. The second kappa shape index (κ2) is 5.48. The van der Waals surface area contributed by atoms with E-state index in [0.717, 1.165) is 12.8 Å². The minimum absolute atomic E-state index is 0.253. The summed E-state index contributed by atoms with van der Waals surface area (Å²) in [6.07, 6.45) is 1.51. The zero-order valence-electron chi connectivity index (χ0n) is 10.5. The molecule has 1 rings (SSSR count). The van der Waals surface area contributed by atoms with Crippen LogP contribution >= 0.6 is 11.3 Å². The number of nitrogens with two attached hydrogens (primary N) is 1. The summed E-state index contributed by atoms with van der Waals surface area (Å²) in [6, 6.07) is 1.61. The molecule has 6 heteroatoms. The lowest BCUT2D eigenvalue weighted by Crippen LogP contribution is -2.44. The molecule has 0 aliphatic carbocycles. The zero-order chi connectivity index (χ0) is 13.1. The second-order valence-electron chi connectivity index (χ2n) is 4.29. The molecule has 1 heterocycles. The molecule has 0 aliphatic heterocycles. The fraction of sp³-hybridized carbons (Fsp3) is 0.636. The van der Waals surface area contributed by atoms with Crippen LogP contribution in [0.5, 0.6) is 0 Å². The molecule has 0 saturated carbocycles. The van der Waals surface area contributed by atoms with Gasteiger partial charge < -0.3 is 5.73 Å². The summed E-state index contributed by atoms with van der Waals surface area (Å²) in [5, 5.41) is 1.76. The van der Waals surface area contributed by atoms with Crippen LogP contribution in [0.2, 0.25) is 0 Å². The summed E-state index contributed by atoms with van der Waals surface area (Å²) >= 11 is 1.37. The zero-order valence-corrected chi connectivity index (χ0v) is 12.1. The summed E-state index contributed by atoms with van der Waals surface area (Å²) in [5.74, 6) is 0. The van der Waals surface area contributed by atoms with Crippen LogP contribution in [0.3, 0.4) is 0 Å². The van der Waals surface area contributed by atoms with Gasteiger partial charge in [-0.1, -0.05) is 13.8 Å². The van der Waals surface area contributed by atoms with Gasteiger partial charge in [0.25, 0.3) is 0 Å². The van der Waals surface area contributed by atoms with E-state index >= 15 is 0 Å². The van der Waals surface area contributed by atoms with Crippen LogP contribution in [0.1, 0.15) is 38.5 Å². The van der Waals surface area contributed by atoms with Crippen molar-refractivity contribution in [3.63, 3.8) is 0 Å². The topological polar surface area (TPSA) is 72.2 Å². The van der Waals surface area contributed by atoms with E-state index in [9.17, 15) is 8.42 Å². The first-order valence-electron chi connectivity index (χ1n) is 5.69. The van der Waals surface area contributed by atoms with Crippen molar-refractivity contribution in [1.82, 2.24) is 4.72 Å². The summed E-state index contributed by atoms with van der Waals surface area (Å²) in [5.41, 5.74) is 5.14. The number of sulfonamides is 1. The Morgan fingerprint density at radius 2 is 2.00 bits per heavy atom. The molecule has 0 aromatic carbocycles. The monoisotopic (exact) mass is 276 g/mol. The smallest absolute Gasteiger partial charge is 0.242 e. The van der Waals surface area contributed by atoms with Gasteiger partial charge in [0.15, 0.2) is 0 Å². The maximum Gasteiger partial charge on any atom is 0.242 e. The Morgan fingerprint density at radius 3 is 2.47 bits per heavy atom. The highest BCUT2D eigenvalue weighted by Crippen LogP contribution is 2.24. The lowest BCUT2D eigenvalue weighted by Gasteiger charge is -2.27. The molecular weight excluding hydrogens is 256 g/mol. The van der Waals surface area contributed by atoms with Crippen LogP contribution in [0.25, 0.3) is 0 Å². The van der Waals surface area contributed by atoms with Crippen molar-refractivity contribution in [1.29, 1.82) is 0 Å². The van der Waals surface area contributed by atoms with Gasteiger partial charge in [0, 0.05) is 17.0 Å². The summed E-state index contributed by atoms with van der Waals surface area (Å²) in [6.45, 7) is 6.12. The minimum atomic E-state index is -3.46. The maximum absolute atomic E-state index is 12.2. The Labute approximate surface area is 107 Å². The van der Waals surface area contributed by atoms with Crippen LogP contribution in [0.15, 0.2) is 16.3 Å². The molecule has 0 aliphatic rings.